The summed E-state index contributed by atoms with van der Waals surface area (Å²) in [6.45, 7) is 2.19. The van der Waals surface area contributed by atoms with Crippen molar-refractivity contribution in [3.05, 3.63) is 187 Å². The third kappa shape index (κ3) is 11.4. The van der Waals surface area contributed by atoms with E-state index in [2.05, 4.69) is 45.7 Å². The Balaban J connectivity index is 0.000000199. The van der Waals surface area contributed by atoms with E-state index < -0.39 is 35.8 Å². The number of halogens is 4. The molecule has 2 amide bonds. The Bertz CT molecular complexity index is 2790. The molecule has 0 saturated carbocycles. The number of para-hydroxylation sites is 2. The minimum absolute atomic E-state index is 0.0513. The van der Waals surface area contributed by atoms with Gasteiger partial charge >= 0.3 is 11.9 Å². The molecule has 2 aliphatic rings. The van der Waals surface area contributed by atoms with Crippen LogP contribution in [0.15, 0.2) is 133 Å². The third-order valence-corrected chi connectivity index (χ3v) is 13.1. The Morgan fingerprint density at radius 3 is 1.45 bits per heavy atom. The van der Waals surface area contributed by atoms with Crippen LogP contribution < -0.4 is 30.2 Å². The highest BCUT2D eigenvalue weighted by Gasteiger charge is 2.28. The number of amides is 2. The van der Waals surface area contributed by atoms with E-state index in [1.165, 1.54) is 35.5 Å². The van der Waals surface area contributed by atoms with Crippen molar-refractivity contribution in [1.82, 2.24) is 10.6 Å². The largest absolute Gasteiger partial charge is 0.480 e. The number of carbonyl (C=O) groups excluding carboxylic acids is 2. The van der Waals surface area contributed by atoms with Crippen LogP contribution in [0.4, 0.5) is 22.7 Å². The summed E-state index contributed by atoms with van der Waals surface area (Å²) in [5.41, 5.74) is 8.32. The number of nitrogens with one attached hydrogen (secondary N) is 2. The molecular formula is C50H44Cl4N6O6S. The molecule has 17 heteroatoms. The number of hydrogen-bond donors (Lipinski definition) is 4. The lowest BCUT2D eigenvalue weighted by Gasteiger charge is -2.37. The van der Waals surface area contributed by atoms with E-state index in [0.717, 1.165) is 47.0 Å². The summed E-state index contributed by atoms with van der Waals surface area (Å²) in [5.74, 6) is -3.55. The first-order valence-corrected chi connectivity index (χ1v) is 22.8. The molecule has 6 aromatic rings. The number of rotatable bonds is 12. The Labute approximate surface area is 413 Å². The van der Waals surface area contributed by atoms with Crippen molar-refractivity contribution in [1.29, 1.82) is 0 Å². The average molecular weight is 999 g/mol. The van der Waals surface area contributed by atoms with Crippen LogP contribution >= 0.6 is 58.6 Å². The molecule has 0 unspecified atom stereocenters. The molecule has 0 aromatic heterocycles. The summed E-state index contributed by atoms with van der Waals surface area (Å²) in [5, 5.41) is 25.7. The fourth-order valence-electron chi connectivity index (χ4n) is 7.89. The van der Waals surface area contributed by atoms with Gasteiger partial charge < -0.3 is 40.4 Å². The van der Waals surface area contributed by atoms with Gasteiger partial charge in [-0.1, -0.05) is 119 Å². The van der Waals surface area contributed by atoms with E-state index in [1.54, 1.807) is 12.1 Å². The maximum atomic E-state index is 12.7. The molecule has 8 rings (SSSR count). The second-order valence-electron chi connectivity index (χ2n) is 15.9. The zero-order valence-corrected chi connectivity index (χ0v) is 40.0. The van der Waals surface area contributed by atoms with Gasteiger partial charge in [-0.2, -0.15) is 0 Å². The van der Waals surface area contributed by atoms with Gasteiger partial charge in [0.25, 0.3) is 11.8 Å². The number of nitrogens with zero attached hydrogens (tertiary/aromatic N) is 4. The standard InChI is InChI=1S/C25H21Cl2N3O3S.C25H23Cl2N3O3/c1-29-21-8-3-2-5-16(21)14-30(25(29)34)17-11-9-15(10-12-17)13-20(24(32)33)28-23(31)22-18(26)6-4-7-19(22)27;1-29-15-30(14-17-5-2-3-8-22(17)29)18-11-9-16(10-12-18)13-21(25(32)33)28-24(31)23-19(26)6-4-7-20(23)27/h2-12,20H,13-14H2,1H3,(H,28,31)(H,32,33);2-12,21H,13-15H2,1H3,(H,28,31)(H,32,33)/t20-;21-/m00/s1. The van der Waals surface area contributed by atoms with Gasteiger partial charge in [0.05, 0.1) is 44.4 Å². The fourth-order valence-corrected chi connectivity index (χ4v) is 9.30. The average Bonchev–Trinajstić information content (AvgIpc) is 3.30. The second kappa shape index (κ2) is 21.5. The Hall–Kier alpha value is -6.35. The van der Waals surface area contributed by atoms with Gasteiger partial charge in [-0.05, 0) is 95.1 Å². The normalized spacial score (nSPS) is 13.9. The topological polar surface area (TPSA) is 146 Å². The van der Waals surface area contributed by atoms with Crippen molar-refractivity contribution < 1.29 is 29.4 Å². The van der Waals surface area contributed by atoms with E-state index in [4.69, 9.17) is 58.6 Å². The predicted molar refractivity (Wildman–Crippen MR) is 271 cm³/mol. The monoisotopic (exact) mass is 996 g/mol. The van der Waals surface area contributed by atoms with Crippen LogP contribution in [0.25, 0.3) is 0 Å². The van der Waals surface area contributed by atoms with Crippen LogP contribution in [0.1, 0.15) is 43.0 Å². The van der Waals surface area contributed by atoms with Gasteiger partial charge in [0, 0.05) is 56.2 Å². The summed E-state index contributed by atoms with van der Waals surface area (Å²) in [6.07, 6.45) is 0.225. The Morgan fingerprint density at radius 2 is 0.985 bits per heavy atom. The predicted octanol–water partition coefficient (Wildman–Crippen LogP) is 9.99. The van der Waals surface area contributed by atoms with Crippen molar-refractivity contribution in [2.24, 2.45) is 0 Å². The van der Waals surface area contributed by atoms with Gasteiger partial charge in [-0.3, -0.25) is 9.59 Å². The zero-order chi connectivity index (χ0) is 47.9. The Kier molecular flexibility index (Phi) is 15.6. The van der Waals surface area contributed by atoms with E-state index >= 15 is 0 Å². The molecule has 67 heavy (non-hydrogen) atoms. The number of anilines is 4. The molecule has 4 N–H and O–H groups in total. The lowest BCUT2D eigenvalue weighted by molar-refractivity contribution is -0.140. The molecule has 2 aliphatic heterocycles. The van der Waals surface area contributed by atoms with Crippen LogP contribution in [-0.4, -0.2) is 71.9 Å². The molecular weight excluding hydrogens is 954 g/mol. The highest BCUT2D eigenvalue weighted by atomic mass is 35.5. The maximum absolute atomic E-state index is 12.7. The van der Waals surface area contributed by atoms with Gasteiger partial charge in [0.1, 0.15) is 12.1 Å². The van der Waals surface area contributed by atoms with Gasteiger partial charge in [0.15, 0.2) is 5.11 Å². The van der Waals surface area contributed by atoms with Crippen molar-refractivity contribution >= 4 is 110 Å². The molecule has 0 spiro atoms. The zero-order valence-electron chi connectivity index (χ0n) is 36.1. The van der Waals surface area contributed by atoms with E-state index in [9.17, 15) is 29.4 Å². The van der Waals surface area contributed by atoms with Crippen LogP contribution in [0, 0.1) is 0 Å². The summed E-state index contributed by atoms with van der Waals surface area (Å²) in [7, 11) is 4.00. The third-order valence-electron chi connectivity index (χ3n) is 11.4. The SMILES string of the molecule is CN1C(=S)N(c2ccc(C[C@H](NC(=O)c3c(Cl)cccc3Cl)C(=O)O)cc2)Cc2ccccc21.CN1CN(c2ccc(C[C@H](NC(=O)c3c(Cl)cccc3Cl)C(=O)O)cc2)Cc2ccccc21. The number of hydrogen-bond acceptors (Lipinski definition) is 7. The summed E-state index contributed by atoms with van der Waals surface area (Å²) in [4.78, 5) is 57.4. The van der Waals surface area contributed by atoms with Crippen molar-refractivity contribution in [2.75, 3.05) is 40.4 Å². The molecule has 0 saturated heterocycles. The molecule has 0 bridgehead atoms. The number of fused-ring (bicyclic) bond motifs is 2. The minimum Gasteiger partial charge on any atom is -0.480 e. The lowest BCUT2D eigenvalue weighted by atomic mass is 10.0. The smallest absolute Gasteiger partial charge is 0.326 e. The first-order valence-electron chi connectivity index (χ1n) is 20.9. The number of benzene rings is 6. The number of carbonyl (C=O) groups is 4. The van der Waals surface area contributed by atoms with E-state index in [0.29, 0.717) is 11.7 Å². The summed E-state index contributed by atoms with van der Waals surface area (Å²) >= 11 is 30.0. The quantitative estimate of drug-likeness (QED) is 0.0870. The molecule has 2 atom stereocenters. The summed E-state index contributed by atoms with van der Waals surface area (Å²) in [6, 6.07) is 38.7. The van der Waals surface area contributed by atoms with Crippen molar-refractivity contribution in [3.63, 3.8) is 0 Å². The first kappa shape index (κ1) is 48.6. The van der Waals surface area contributed by atoms with Crippen LogP contribution in [0.3, 0.4) is 0 Å². The molecule has 0 aliphatic carbocycles. The second-order valence-corrected chi connectivity index (χ2v) is 17.9. The van der Waals surface area contributed by atoms with Gasteiger partial charge in [-0.25, -0.2) is 9.59 Å². The molecule has 0 radical (unpaired) electrons. The van der Waals surface area contributed by atoms with Gasteiger partial charge in [0.2, 0.25) is 0 Å². The van der Waals surface area contributed by atoms with Gasteiger partial charge in [-0.15, -0.1) is 0 Å². The fraction of sp³-hybridized carbons (Fsp3) is 0.180. The van der Waals surface area contributed by atoms with E-state index in [-0.39, 0.29) is 44.1 Å². The first-order chi connectivity index (χ1) is 32.1. The molecule has 6 aromatic carbocycles. The van der Waals surface area contributed by atoms with Crippen molar-refractivity contribution in [3.8, 4) is 0 Å². The Morgan fingerprint density at radius 1 is 0.567 bits per heavy atom. The summed E-state index contributed by atoms with van der Waals surface area (Å²) < 4.78 is 0. The van der Waals surface area contributed by atoms with Crippen molar-refractivity contribution in [2.45, 2.75) is 38.0 Å². The minimum atomic E-state index is -1.16. The molecule has 0 fully saturated rings. The number of carboxylic acid groups (broad SMARTS) is 2. The van der Waals surface area contributed by atoms with Crippen LogP contribution in [-0.2, 0) is 35.5 Å². The molecule has 12 nitrogen and oxygen atoms in total. The highest BCUT2D eigenvalue weighted by Crippen LogP contribution is 2.33. The maximum Gasteiger partial charge on any atom is 0.326 e. The van der Waals surface area contributed by atoms with E-state index in [1.807, 2.05) is 95.7 Å². The van der Waals surface area contributed by atoms with Crippen LogP contribution in [0.5, 0.6) is 0 Å². The lowest BCUT2D eigenvalue weighted by Crippen LogP contribution is -2.45. The molecule has 344 valence electrons. The highest BCUT2D eigenvalue weighted by molar-refractivity contribution is 7.80. The number of aliphatic carboxylic acids is 2. The molecule has 2 heterocycles. The van der Waals surface area contributed by atoms with Crippen LogP contribution in [0.2, 0.25) is 20.1 Å². The number of thiocarbonyl (C=S) groups is 1. The number of carboxylic acids is 2.